The Bertz CT molecular complexity index is 355. The molecule has 0 radical (unpaired) electrons. The Kier molecular flexibility index (Phi) is 2.82. The lowest BCUT2D eigenvalue weighted by Gasteiger charge is -2.34. The Hall–Kier alpha value is -1.56. The number of hydrogen-bond donors (Lipinski definition) is 3. The van der Waals surface area contributed by atoms with Gasteiger partial charge in [0, 0.05) is 12.7 Å². The molecule has 0 spiro atoms. The van der Waals surface area contributed by atoms with Crippen molar-refractivity contribution in [2.75, 3.05) is 30.0 Å². The van der Waals surface area contributed by atoms with Crippen LogP contribution >= 0.6 is 0 Å². The molecule has 1 aromatic heterocycles. The summed E-state index contributed by atoms with van der Waals surface area (Å²) in [4.78, 5) is 7.92. The molecule has 1 aromatic rings. The first-order valence-corrected chi connectivity index (χ1v) is 5.33. The lowest BCUT2D eigenvalue weighted by molar-refractivity contribution is 0.0539. The van der Waals surface area contributed by atoms with Crippen molar-refractivity contribution in [2.45, 2.75) is 25.3 Å². The molecule has 6 nitrogen and oxygen atoms in total. The third kappa shape index (κ3) is 2.52. The van der Waals surface area contributed by atoms with Gasteiger partial charge in [-0.05, 0) is 19.8 Å². The van der Waals surface area contributed by atoms with E-state index in [0.29, 0.717) is 18.2 Å². The molecule has 1 fully saturated rings. The first-order valence-electron chi connectivity index (χ1n) is 5.33. The van der Waals surface area contributed by atoms with Crippen molar-refractivity contribution < 1.29 is 4.74 Å². The predicted octanol–water partition coefficient (Wildman–Crippen LogP) is 0.622. The van der Waals surface area contributed by atoms with Gasteiger partial charge in [0.2, 0.25) is 5.95 Å². The number of rotatable bonds is 2. The Morgan fingerprint density at radius 3 is 2.88 bits per heavy atom. The molecule has 0 bridgehead atoms. The second-order valence-corrected chi connectivity index (χ2v) is 4.38. The topological polar surface area (TPSA) is 99.1 Å². The molecule has 16 heavy (non-hydrogen) atoms. The third-order valence-corrected chi connectivity index (χ3v) is 2.63. The molecule has 6 heteroatoms. The number of anilines is 3. The van der Waals surface area contributed by atoms with Crippen LogP contribution in [0.1, 0.15) is 19.8 Å². The van der Waals surface area contributed by atoms with E-state index in [0.717, 1.165) is 19.4 Å². The monoisotopic (exact) mass is 223 g/mol. The van der Waals surface area contributed by atoms with Gasteiger partial charge < -0.3 is 21.5 Å². The van der Waals surface area contributed by atoms with E-state index in [1.165, 1.54) is 0 Å². The number of nitrogens with zero attached hydrogens (tertiary/aromatic N) is 2. The fourth-order valence-electron chi connectivity index (χ4n) is 1.89. The van der Waals surface area contributed by atoms with Gasteiger partial charge in [0.05, 0.1) is 12.1 Å². The van der Waals surface area contributed by atoms with Gasteiger partial charge in [-0.3, -0.25) is 0 Å². The normalized spacial score (nSPS) is 25.3. The van der Waals surface area contributed by atoms with E-state index in [9.17, 15) is 0 Å². The van der Waals surface area contributed by atoms with E-state index in [1.54, 1.807) is 6.07 Å². The molecule has 1 atom stereocenters. The van der Waals surface area contributed by atoms with E-state index in [4.69, 9.17) is 16.2 Å². The number of nitrogens with one attached hydrogen (secondary N) is 1. The average molecular weight is 223 g/mol. The highest BCUT2D eigenvalue weighted by atomic mass is 16.5. The summed E-state index contributed by atoms with van der Waals surface area (Å²) in [6.07, 6.45) is 2.08. The van der Waals surface area contributed by atoms with Crippen LogP contribution in [0.2, 0.25) is 0 Å². The first kappa shape index (κ1) is 10.9. The van der Waals surface area contributed by atoms with Crippen LogP contribution in [0.25, 0.3) is 0 Å². The molecule has 2 heterocycles. The van der Waals surface area contributed by atoms with Crippen molar-refractivity contribution >= 4 is 17.6 Å². The van der Waals surface area contributed by atoms with Crippen LogP contribution < -0.4 is 16.8 Å². The molecule has 88 valence electrons. The van der Waals surface area contributed by atoms with Crippen LogP contribution in [-0.4, -0.2) is 28.7 Å². The van der Waals surface area contributed by atoms with Crippen molar-refractivity contribution in [3.63, 3.8) is 0 Å². The first-order chi connectivity index (χ1) is 7.57. The van der Waals surface area contributed by atoms with E-state index < -0.39 is 0 Å². The van der Waals surface area contributed by atoms with Crippen LogP contribution in [0.15, 0.2) is 6.07 Å². The zero-order valence-corrected chi connectivity index (χ0v) is 9.36. The second kappa shape index (κ2) is 4.13. The third-order valence-electron chi connectivity index (χ3n) is 2.63. The smallest absolute Gasteiger partial charge is 0.223 e. The van der Waals surface area contributed by atoms with Gasteiger partial charge in [0.15, 0.2) is 0 Å². The molecule has 2 rings (SSSR count). The van der Waals surface area contributed by atoms with E-state index in [-0.39, 0.29) is 11.5 Å². The Balaban J connectivity index is 2.13. The summed E-state index contributed by atoms with van der Waals surface area (Å²) in [5.41, 5.74) is 11.0. The van der Waals surface area contributed by atoms with Gasteiger partial charge in [-0.1, -0.05) is 0 Å². The summed E-state index contributed by atoms with van der Waals surface area (Å²) in [7, 11) is 0. The summed E-state index contributed by atoms with van der Waals surface area (Å²) in [5, 5.41) is 3.30. The average Bonchev–Trinajstić information content (AvgIpc) is 2.15. The number of hydrogen-bond acceptors (Lipinski definition) is 6. The van der Waals surface area contributed by atoms with Crippen LogP contribution in [0.3, 0.4) is 0 Å². The summed E-state index contributed by atoms with van der Waals surface area (Å²) in [6.45, 7) is 3.59. The summed E-state index contributed by atoms with van der Waals surface area (Å²) < 4.78 is 5.45. The Labute approximate surface area is 94.4 Å². The summed E-state index contributed by atoms with van der Waals surface area (Å²) >= 11 is 0. The maximum Gasteiger partial charge on any atom is 0.223 e. The number of aromatic nitrogens is 2. The molecule has 0 amide bonds. The molecule has 5 N–H and O–H groups in total. The molecule has 0 saturated carbocycles. The minimum absolute atomic E-state index is 0.106. The van der Waals surface area contributed by atoms with E-state index in [1.807, 2.05) is 0 Å². The highest BCUT2D eigenvalue weighted by Gasteiger charge is 2.27. The second-order valence-electron chi connectivity index (χ2n) is 4.38. The standard InChI is InChI=1S/C10H17N5O/c1-10(3-2-4-16-6-10)15-8-5-7(11)13-9(12)14-8/h5H,2-4,6H2,1H3,(H5,11,12,13,14,15). The quantitative estimate of drug-likeness (QED) is 0.679. The van der Waals surface area contributed by atoms with Gasteiger partial charge >= 0.3 is 0 Å². The molecule has 0 aliphatic carbocycles. The van der Waals surface area contributed by atoms with Gasteiger partial charge in [-0.25, -0.2) is 0 Å². The van der Waals surface area contributed by atoms with Crippen molar-refractivity contribution in [1.29, 1.82) is 0 Å². The molecule has 1 aliphatic heterocycles. The molecule has 1 aliphatic rings. The molecule has 1 saturated heterocycles. The minimum atomic E-state index is -0.106. The van der Waals surface area contributed by atoms with E-state index >= 15 is 0 Å². The SMILES string of the molecule is CC1(Nc2cc(N)nc(N)n2)CCCOC1. The molecular formula is C10H17N5O. The van der Waals surface area contributed by atoms with Gasteiger partial charge in [-0.2, -0.15) is 9.97 Å². The molecule has 1 unspecified atom stereocenters. The fourth-order valence-corrected chi connectivity index (χ4v) is 1.89. The van der Waals surface area contributed by atoms with Crippen LogP contribution in [0.5, 0.6) is 0 Å². The highest BCUT2D eigenvalue weighted by Crippen LogP contribution is 2.23. The van der Waals surface area contributed by atoms with Crippen molar-refractivity contribution in [3.8, 4) is 0 Å². The fraction of sp³-hybridized carbons (Fsp3) is 0.600. The minimum Gasteiger partial charge on any atom is -0.383 e. The maximum absolute atomic E-state index is 5.61. The van der Waals surface area contributed by atoms with Gasteiger partial charge in [-0.15, -0.1) is 0 Å². The summed E-state index contributed by atoms with van der Waals surface area (Å²) in [5.74, 6) is 1.20. The van der Waals surface area contributed by atoms with Crippen molar-refractivity contribution in [2.24, 2.45) is 0 Å². The zero-order chi connectivity index (χ0) is 11.6. The van der Waals surface area contributed by atoms with Crippen LogP contribution in [0, 0.1) is 0 Å². The predicted molar refractivity (Wildman–Crippen MR) is 62.9 cm³/mol. The highest BCUT2D eigenvalue weighted by molar-refractivity contribution is 5.49. The van der Waals surface area contributed by atoms with Gasteiger partial charge in [0.25, 0.3) is 0 Å². The Morgan fingerprint density at radius 2 is 2.25 bits per heavy atom. The lowest BCUT2D eigenvalue weighted by Crippen LogP contribution is -2.43. The number of nitrogens with two attached hydrogens (primary N) is 2. The Morgan fingerprint density at radius 1 is 1.44 bits per heavy atom. The zero-order valence-electron chi connectivity index (χ0n) is 9.36. The van der Waals surface area contributed by atoms with Crippen LogP contribution in [0.4, 0.5) is 17.6 Å². The van der Waals surface area contributed by atoms with E-state index in [2.05, 4.69) is 22.2 Å². The van der Waals surface area contributed by atoms with Gasteiger partial charge in [0.1, 0.15) is 11.6 Å². The maximum atomic E-state index is 5.61. The number of ether oxygens (including phenoxy) is 1. The molecule has 0 aromatic carbocycles. The largest absolute Gasteiger partial charge is 0.383 e. The van der Waals surface area contributed by atoms with Crippen LogP contribution in [-0.2, 0) is 4.74 Å². The molecular weight excluding hydrogens is 206 g/mol. The lowest BCUT2D eigenvalue weighted by atomic mass is 9.95. The summed E-state index contributed by atoms with van der Waals surface area (Å²) in [6, 6.07) is 1.68. The number of nitrogen functional groups attached to an aromatic ring is 2. The van der Waals surface area contributed by atoms with Crippen molar-refractivity contribution in [1.82, 2.24) is 9.97 Å². The van der Waals surface area contributed by atoms with Crippen molar-refractivity contribution in [3.05, 3.63) is 6.07 Å².